The molecule has 2 saturated heterocycles. The molecule has 2 bridgehead atoms. The van der Waals surface area contributed by atoms with Gasteiger partial charge in [0.15, 0.2) is 0 Å². The van der Waals surface area contributed by atoms with E-state index in [0.717, 1.165) is 24.1 Å². The lowest BCUT2D eigenvalue weighted by Crippen LogP contribution is -2.51. The van der Waals surface area contributed by atoms with Crippen molar-refractivity contribution in [2.45, 2.75) is 50.3 Å². The fourth-order valence-corrected chi connectivity index (χ4v) is 4.13. The summed E-state index contributed by atoms with van der Waals surface area (Å²) in [6.07, 6.45) is 6.56. The van der Waals surface area contributed by atoms with E-state index in [0.29, 0.717) is 18.2 Å². The Labute approximate surface area is 117 Å². The van der Waals surface area contributed by atoms with E-state index in [9.17, 15) is 0 Å². The van der Waals surface area contributed by atoms with Crippen LogP contribution in [0.4, 0.5) is 0 Å². The van der Waals surface area contributed by atoms with Crippen LogP contribution < -0.4 is 10.1 Å². The highest BCUT2D eigenvalue weighted by Crippen LogP contribution is 2.32. The molecule has 0 saturated carbocycles. The first-order valence-electron chi connectivity index (χ1n) is 7.15. The van der Waals surface area contributed by atoms with Crippen molar-refractivity contribution in [3.05, 3.63) is 24.3 Å². The second-order valence-corrected chi connectivity index (χ2v) is 6.49. The molecule has 2 unspecified atom stereocenters. The zero-order valence-electron chi connectivity index (χ0n) is 10.8. The van der Waals surface area contributed by atoms with Crippen LogP contribution in [-0.2, 0) is 0 Å². The molecule has 2 atom stereocenters. The third-order valence-electron chi connectivity index (χ3n) is 4.29. The van der Waals surface area contributed by atoms with Gasteiger partial charge in [0.1, 0.15) is 6.10 Å². The van der Waals surface area contributed by atoms with Gasteiger partial charge >= 0.3 is 0 Å². The lowest BCUT2D eigenvalue weighted by Gasteiger charge is -2.39. The molecule has 19 heavy (non-hydrogen) atoms. The molecule has 0 radical (unpaired) electrons. The maximum absolute atomic E-state index is 6.20. The van der Waals surface area contributed by atoms with Gasteiger partial charge in [-0.1, -0.05) is 18.6 Å². The van der Waals surface area contributed by atoms with Gasteiger partial charge in [0.05, 0.1) is 10.1 Å². The van der Waals surface area contributed by atoms with Crippen molar-refractivity contribution in [2.24, 2.45) is 0 Å². The molecule has 1 N–H and O–H groups in total. The summed E-state index contributed by atoms with van der Waals surface area (Å²) in [7, 11) is 0. The second kappa shape index (κ2) is 4.76. The number of nitrogens with one attached hydrogen (secondary N) is 1. The van der Waals surface area contributed by atoms with Crippen LogP contribution in [0.5, 0.6) is 5.88 Å². The van der Waals surface area contributed by atoms with Gasteiger partial charge < -0.3 is 10.1 Å². The molecule has 2 aliphatic heterocycles. The molecule has 0 spiro atoms. The quantitative estimate of drug-likeness (QED) is 0.912. The minimum Gasteiger partial charge on any atom is -0.473 e. The zero-order valence-corrected chi connectivity index (χ0v) is 11.7. The Kier molecular flexibility index (Phi) is 2.93. The van der Waals surface area contributed by atoms with Gasteiger partial charge in [-0.25, -0.2) is 0 Å². The van der Waals surface area contributed by atoms with Crippen molar-refractivity contribution in [1.82, 2.24) is 9.69 Å². The highest BCUT2D eigenvalue weighted by Gasteiger charge is 2.32. The van der Waals surface area contributed by atoms with Crippen LogP contribution in [0.15, 0.2) is 24.3 Å². The van der Waals surface area contributed by atoms with Crippen molar-refractivity contribution >= 4 is 21.6 Å². The van der Waals surface area contributed by atoms with E-state index < -0.39 is 0 Å². The van der Waals surface area contributed by atoms with Crippen molar-refractivity contribution in [3.63, 3.8) is 0 Å². The van der Waals surface area contributed by atoms with Crippen LogP contribution in [0.25, 0.3) is 10.1 Å². The lowest BCUT2D eigenvalue weighted by atomic mass is 9.85. The molecule has 4 heteroatoms. The van der Waals surface area contributed by atoms with Gasteiger partial charge in [-0.05, 0) is 49.3 Å². The average molecular weight is 274 g/mol. The zero-order chi connectivity index (χ0) is 12.7. The highest BCUT2D eigenvalue weighted by atomic mass is 32.1. The van der Waals surface area contributed by atoms with Gasteiger partial charge in [-0.3, -0.25) is 0 Å². The number of ether oxygens (including phenoxy) is 1. The molecule has 2 aliphatic rings. The molecule has 0 amide bonds. The number of benzene rings is 1. The summed E-state index contributed by atoms with van der Waals surface area (Å²) in [5.41, 5.74) is 0. The van der Waals surface area contributed by atoms with Gasteiger partial charge in [0, 0.05) is 12.1 Å². The second-order valence-electron chi connectivity index (χ2n) is 5.69. The minimum absolute atomic E-state index is 0.335. The highest BCUT2D eigenvalue weighted by molar-refractivity contribution is 7.13. The van der Waals surface area contributed by atoms with Crippen LogP contribution >= 0.6 is 11.5 Å². The fraction of sp³-hybridized carbons (Fsp3) is 0.533. The Bertz CT molecular complexity index is 570. The summed E-state index contributed by atoms with van der Waals surface area (Å²) in [5, 5.41) is 4.86. The predicted octanol–water partition coefficient (Wildman–Crippen LogP) is 3.35. The van der Waals surface area contributed by atoms with Gasteiger partial charge in [-0.15, -0.1) is 0 Å². The molecular weight excluding hydrogens is 256 g/mol. The molecule has 2 fully saturated rings. The largest absolute Gasteiger partial charge is 0.473 e. The Balaban J connectivity index is 1.55. The summed E-state index contributed by atoms with van der Waals surface area (Å²) < 4.78 is 11.9. The smallest absolute Gasteiger partial charge is 0.233 e. The Morgan fingerprint density at radius 3 is 2.79 bits per heavy atom. The van der Waals surface area contributed by atoms with E-state index in [1.165, 1.54) is 35.5 Å². The molecule has 2 aromatic rings. The van der Waals surface area contributed by atoms with E-state index in [1.807, 2.05) is 0 Å². The molecule has 1 aromatic carbocycles. The predicted molar refractivity (Wildman–Crippen MR) is 77.8 cm³/mol. The summed E-state index contributed by atoms with van der Waals surface area (Å²) in [5.74, 6) is 0.838. The SMILES string of the molecule is c1ccc2c(OC3CC4CCCC(C3)N4)nsc2c1. The maximum Gasteiger partial charge on any atom is 0.233 e. The minimum atomic E-state index is 0.335. The number of nitrogens with zero attached hydrogens (tertiary/aromatic N) is 1. The van der Waals surface area contributed by atoms with Gasteiger partial charge in [0.25, 0.3) is 0 Å². The lowest BCUT2D eigenvalue weighted by molar-refractivity contribution is 0.0911. The molecule has 3 nitrogen and oxygen atoms in total. The summed E-state index contributed by atoms with van der Waals surface area (Å²) >= 11 is 1.53. The van der Waals surface area contributed by atoms with Crippen LogP contribution in [-0.4, -0.2) is 22.6 Å². The molecular formula is C15H18N2OS. The first-order chi connectivity index (χ1) is 9.38. The molecule has 0 aliphatic carbocycles. The van der Waals surface area contributed by atoms with E-state index in [2.05, 4.69) is 34.0 Å². The number of hydrogen-bond acceptors (Lipinski definition) is 4. The van der Waals surface area contributed by atoms with E-state index in [-0.39, 0.29) is 0 Å². The Hall–Kier alpha value is -1.13. The Morgan fingerprint density at radius 2 is 1.95 bits per heavy atom. The van der Waals surface area contributed by atoms with Gasteiger partial charge in [0.2, 0.25) is 5.88 Å². The van der Waals surface area contributed by atoms with Crippen molar-refractivity contribution in [3.8, 4) is 5.88 Å². The number of aromatic nitrogens is 1. The van der Waals surface area contributed by atoms with E-state index >= 15 is 0 Å². The number of piperidine rings is 2. The normalized spacial score (nSPS) is 30.4. The monoisotopic (exact) mass is 274 g/mol. The number of rotatable bonds is 2. The van der Waals surface area contributed by atoms with E-state index in [1.54, 1.807) is 0 Å². The number of fused-ring (bicyclic) bond motifs is 3. The standard InChI is InChI=1S/C15H18N2OS/c1-2-7-14-13(6-1)15(17-19-14)18-12-8-10-4-3-5-11(9-12)16-10/h1-2,6-7,10-12,16H,3-5,8-9H2. The first-order valence-corrected chi connectivity index (χ1v) is 7.93. The van der Waals surface area contributed by atoms with Crippen LogP contribution in [0.1, 0.15) is 32.1 Å². The molecule has 1 aromatic heterocycles. The summed E-state index contributed by atoms with van der Waals surface area (Å²) in [6, 6.07) is 9.64. The van der Waals surface area contributed by atoms with Crippen LogP contribution in [0.2, 0.25) is 0 Å². The van der Waals surface area contributed by atoms with Crippen LogP contribution in [0, 0.1) is 0 Å². The van der Waals surface area contributed by atoms with Crippen LogP contribution in [0.3, 0.4) is 0 Å². The average Bonchev–Trinajstić information content (AvgIpc) is 2.82. The topological polar surface area (TPSA) is 34.1 Å². The molecule has 4 rings (SSSR count). The van der Waals surface area contributed by atoms with Crippen molar-refractivity contribution in [2.75, 3.05) is 0 Å². The van der Waals surface area contributed by atoms with Crippen molar-refractivity contribution in [1.29, 1.82) is 0 Å². The summed E-state index contributed by atoms with van der Waals surface area (Å²) in [4.78, 5) is 0. The number of hydrogen-bond donors (Lipinski definition) is 1. The Morgan fingerprint density at radius 1 is 1.16 bits per heavy atom. The molecule has 100 valence electrons. The third-order valence-corrected chi connectivity index (χ3v) is 5.10. The summed E-state index contributed by atoms with van der Waals surface area (Å²) in [6.45, 7) is 0. The fourth-order valence-electron chi connectivity index (χ4n) is 3.42. The first kappa shape index (κ1) is 11.7. The third kappa shape index (κ3) is 2.23. The van der Waals surface area contributed by atoms with E-state index in [4.69, 9.17) is 4.74 Å². The van der Waals surface area contributed by atoms with Gasteiger partial charge in [-0.2, -0.15) is 4.37 Å². The van der Waals surface area contributed by atoms with Crippen molar-refractivity contribution < 1.29 is 4.74 Å². The maximum atomic E-state index is 6.20. The molecule has 3 heterocycles.